The molecular formula is C21H24N4O3S2. The number of fused-ring (bicyclic) bond motifs is 1. The fourth-order valence-electron chi connectivity index (χ4n) is 3.53. The van der Waals surface area contributed by atoms with Crippen molar-refractivity contribution in [1.29, 1.82) is 0 Å². The second-order valence-corrected chi connectivity index (χ2v) is 9.05. The lowest BCUT2D eigenvalue weighted by Crippen LogP contribution is -2.38. The Labute approximate surface area is 184 Å². The predicted molar refractivity (Wildman–Crippen MR) is 124 cm³/mol. The quantitative estimate of drug-likeness (QED) is 0.519. The van der Waals surface area contributed by atoms with Crippen LogP contribution in [-0.4, -0.2) is 57.4 Å². The zero-order valence-corrected chi connectivity index (χ0v) is 18.7. The number of thioether (sulfide) groups is 1. The van der Waals surface area contributed by atoms with E-state index in [0.717, 1.165) is 18.4 Å². The number of morpholine rings is 1. The van der Waals surface area contributed by atoms with Crippen molar-refractivity contribution in [1.82, 2.24) is 14.3 Å². The number of aromatic nitrogens is 2. The minimum atomic E-state index is -0.191. The Balaban J connectivity index is 1.83. The van der Waals surface area contributed by atoms with Gasteiger partial charge in [0.2, 0.25) is 0 Å². The number of ether oxygens (including phenoxy) is 1. The van der Waals surface area contributed by atoms with Gasteiger partial charge in [0.15, 0.2) is 0 Å². The molecule has 0 aromatic carbocycles. The Morgan fingerprint density at radius 1 is 1.27 bits per heavy atom. The molecule has 7 nitrogen and oxygen atoms in total. The lowest BCUT2D eigenvalue weighted by atomic mass is 10.2. The van der Waals surface area contributed by atoms with E-state index in [2.05, 4.69) is 11.8 Å². The van der Waals surface area contributed by atoms with Gasteiger partial charge in [0.1, 0.15) is 15.8 Å². The van der Waals surface area contributed by atoms with E-state index in [1.807, 2.05) is 19.1 Å². The zero-order valence-electron chi connectivity index (χ0n) is 17.1. The molecule has 30 heavy (non-hydrogen) atoms. The highest BCUT2D eigenvalue weighted by molar-refractivity contribution is 8.26. The first-order valence-corrected chi connectivity index (χ1v) is 11.3. The molecular weight excluding hydrogens is 420 g/mol. The third-order valence-corrected chi connectivity index (χ3v) is 6.56. The normalized spacial score (nSPS) is 18.8. The Morgan fingerprint density at radius 3 is 2.77 bits per heavy atom. The molecule has 0 unspecified atom stereocenters. The van der Waals surface area contributed by atoms with Crippen LogP contribution in [0.2, 0.25) is 0 Å². The Bertz CT molecular complexity index is 1090. The molecule has 4 heterocycles. The number of pyridine rings is 1. The summed E-state index contributed by atoms with van der Waals surface area (Å²) in [5.74, 6) is 0.450. The number of aryl methyl sites for hydroxylation is 1. The van der Waals surface area contributed by atoms with Crippen LogP contribution in [0.3, 0.4) is 0 Å². The molecule has 1 amide bonds. The van der Waals surface area contributed by atoms with E-state index in [4.69, 9.17) is 21.9 Å². The van der Waals surface area contributed by atoms with Gasteiger partial charge in [0.25, 0.3) is 11.5 Å². The van der Waals surface area contributed by atoms with Gasteiger partial charge in [-0.25, -0.2) is 4.98 Å². The fourth-order valence-corrected chi connectivity index (χ4v) is 4.82. The van der Waals surface area contributed by atoms with Crippen LogP contribution in [0.1, 0.15) is 30.9 Å². The maximum Gasteiger partial charge on any atom is 0.267 e. The zero-order chi connectivity index (χ0) is 21.3. The molecule has 2 aliphatic rings. The number of carbonyl (C=O) groups excluding carboxylic acids is 1. The molecule has 0 atom stereocenters. The number of carbonyl (C=O) groups is 1. The summed E-state index contributed by atoms with van der Waals surface area (Å²) < 4.78 is 7.54. The van der Waals surface area contributed by atoms with Gasteiger partial charge in [0, 0.05) is 25.8 Å². The summed E-state index contributed by atoms with van der Waals surface area (Å²) in [6, 6.07) is 3.78. The SMILES string of the molecule is CCCCN1C(=O)/C(=C\c2c(N3CCOCC3)nc3ccc(C)cn3c2=O)SC1=S. The third kappa shape index (κ3) is 4.01. The first-order valence-electron chi connectivity index (χ1n) is 10.1. The van der Waals surface area contributed by atoms with E-state index in [9.17, 15) is 9.59 Å². The van der Waals surface area contributed by atoms with E-state index >= 15 is 0 Å². The minimum Gasteiger partial charge on any atom is -0.378 e. The maximum atomic E-state index is 13.4. The standard InChI is InChI=1S/C21H24N4O3S2/c1-3-4-7-24-20(27)16(30-21(24)29)12-15-18(23-8-10-28-11-9-23)22-17-6-5-14(2)13-25(17)19(15)26/h5-6,12-13H,3-4,7-11H2,1-2H3/b16-12+. The first-order chi connectivity index (χ1) is 14.5. The number of hydrogen-bond donors (Lipinski definition) is 0. The molecule has 0 N–H and O–H groups in total. The number of unbranched alkanes of at least 4 members (excludes halogenated alkanes) is 1. The summed E-state index contributed by atoms with van der Waals surface area (Å²) in [4.78, 5) is 35.3. The van der Waals surface area contributed by atoms with Crippen LogP contribution in [0.4, 0.5) is 5.82 Å². The summed E-state index contributed by atoms with van der Waals surface area (Å²) in [7, 11) is 0. The van der Waals surface area contributed by atoms with Crippen molar-refractivity contribution in [3.05, 3.63) is 44.7 Å². The molecule has 2 aromatic heterocycles. The lowest BCUT2D eigenvalue weighted by molar-refractivity contribution is -0.122. The molecule has 4 rings (SSSR count). The van der Waals surface area contributed by atoms with Gasteiger partial charge in [-0.2, -0.15) is 0 Å². The van der Waals surface area contributed by atoms with Crippen LogP contribution in [0.5, 0.6) is 0 Å². The van der Waals surface area contributed by atoms with Gasteiger partial charge in [-0.15, -0.1) is 0 Å². The third-order valence-electron chi connectivity index (χ3n) is 5.18. The monoisotopic (exact) mass is 444 g/mol. The minimum absolute atomic E-state index is 0.139. The average Bonchev–Trinajstić information content (AvgIpc) is 3.02. The predicted octanol–water partition coefficient (Wildman–Crippen LogP) is 2.84. The largest absolute Gasteiger partial charge is 0.378 e. The maximum absolute atomic E-state index is 13.4. The number of hydrogen-bond acceptors (Lipinski definition) is 7. The summed E-state index contributed by atoms with van der Waals surface area (Å²) in [6.07, 6.45) is 5.31. The van der Waals surface area contributed by atoms with Crippen molar-refractivity contribution in [3.8, 4) is 0 Å². The number of thiocarbonyl (C=S) groups is 1. The van der Waals surface area contributed by atoms with Crippen LogP contribution in [0.25, 0.3) is 11.7 Å². The van der Waals surface area contributed by atoms with Gasteiger partial charge in [-0.3, -0.25) is 18.9 Å². The summed E-state index contributed by atoms with van der Waals surface area (Å²) >= 11 is 6.66. The molecule has 9 heteroatoms. The number of rotatable bonds is 5. The fraction of sp³-hybridized carbons (Fsp3) is 0.429. The van der Waals surface area contributed by atoms with E-state index in [-0.39, 0.29) is 11.5 Å². The van der Waals surface area contributed by atoms with Crippen LogP contribution < -0.4 is 10.5 Å². The van der Waals surface area contributed by atoms with Gasteiger partial charge in [0.05, 0.1) is 23.7 Å². The highest BCUT2D eigenvalue weighted by Crippen LogP contribution is 2.33. The second kappa shape index (κ2) is 8.87. The molecule has 2 saturated heterocycles. The number of amides is 1. The average molecular weight is 445 g/mol. The van der Waals surface area contributed by atoms with Crippen molar-refractivity contribution in [2.75, 3.05) is 37.7 Å². The van der Waals surface area contributed by atoms with Crippen molar-refractivity contribution >= 4 is 51.7 Å². The van der Waals surface area contributed by atoms with Crippen molar-refractivity contribution in [3.63, 3.8) is 0 Å². The Morgan fingerprint density at radius 2 is 2.03 bits per heavy atom. The smallest absolute Gasteiger partial charge is 0.267 e. The van der Waals surface area contributed by atoms with Gasteiger partial charge in [-0.05, 0) is 31.1 Å². The number of nitrogens with zero attached hydrogens (tertiary/aromatic N) is 4. The molecule has 2 aromatic rings. The van der Waals surface area contributed by atoms with Crippen LogP contribution in [-0.2, 0) is 9.53 Å². The van der Waals surface area contributed by atoms with E-state index < -0.39 is 0 Å². The van der Waals surface area contributed by atoms with Crippen molar-refractivity contribution in [2.45, 2.75) is 26.7 Å². The molecule has 0 bridgehead atoms. The van der Waals surface area contributed by atoms with Gasteiger partial charge >= 0.3 is 0 Å². The highest BCUT2D eigenvalue weighted by Gasteiger charge is 2.32. The van der Waals surface area contributed by atoms with E-state index in [1.54, 1.807) is 21.6 Å². The van der Waals surface area contributed by atoms with Crippen molar-refractivity contribution < 1.29 is 9.53 Å². The van der Waals surface area contributed by atoms with Crippen LogP contribution in [0, 0.1) is 6.92 Å². The summed E-state index contributed by atoms with van der Waals surface area (Å²) in [6.45, 7) is 7.05. The molecule has 2 fully saturated rings. The van der Waals surface area contributed by atoms with Gasteiger partial charge in [-0.1, -0.05) is 43.4 Å². The molecule has 0 spiro atoms. The van der Waals surface area contributed by atoms with Crippen LogP contribution in [0.15, 0.2) is 28.0 Å². The summed E-state index contributed by atoms with van der Waals surface area (Å²) in [5.41, 5.74) is 1.77. The second-order valence-electron chi connectivity index (χ2n) is 7.38. The Hall–Kier alpha value is -2.23. The topological polar surface area (TPSA) is 67.2 Å². The molecule has 0 radical (unpaired) electrons. The lowest BCUT2D eigenvalue weighted by Gasteiger charge is -2.29. The van der Waals surface area contributed by atoms with E-state index in [1.165, 1.54) is 11.8 Å². The van der Waals surface area contributed by atoms with Gasteiger partial charge < -0.3 is 9.64 Å². The summed E-state index contributed by atoms with van der Waals surface area (Å²) in [5, 5.41) is 0. The van der Waals surface area contributed by atoms with Crippen LogP contribution >= 0.6 is 24.0 Å². The first kappa shape index (κ1) is 21.0. The van der Waals surface area contributed by atoms with Crippen molar-refractivity contribution in [2.24, 2.45) is 0 Å². The van der Waals surface area contributed by atoms with E-state index in [0.29, 0.717) is 59.1 Å². The highest BCUT2D eigenvalue weighted by atomic mass is 32.2. The molecule has 0 saturated carbocycles. The molecule has 0 aliphatic carbocycles. The molecule has 158 valence electrons. The molecule has 2 aliphatic heterocycles. The number of anilines is 1. The Kier molecular flexibility index (Phi) is 6.21.